The lowest BCUT2D eigenvalue weighted by Gasteiger charge is -2.25. The molecule has 2 N–H and O–H groups in total. The van der Waals surface area contributed by atoms with Crippen LogP contribution in [0.4, 0.5) is 0 Å². The van der Waals surface area contributed by atoms with Gasteiger partial charge in [0.15, 0.2) is 5.12 Å². The molecule has 0 fully saturated rings. The highest BCUT2D eigenvalue weighted by Gasteiger charge is 2.25. The molecular weight excluding hydrogens is 296 g/mol. The summed E-state index contributed by atoms with van der Waals surface area (Å²) < 4.78 is 0. The minimum absolute atomic E-state index is 0.0349. The highest BCUT2D eigenvalue weighted by atomic mass is 32.2. The van der Waals surface area contributed by atoms with Crippen molar-refractivity contribution in [1.29, 1.82) is 0 Å². The largest absolute Gasteiger partial charge is 0.481 e. The monoisotopic (exact) mass is 318 g/mol. The number of aliphatic carboxylic acids is 1. The normalized spacial score (nSPS) is 11.6. The van der Waals surface area contributed by atoms with Gasteiger partial charge in [0, 0.05) is 25.3 Å². The third kappa shape index (κ3) is 7.69. The number of rotatable bonds is 9. The lowest BCUT2D eigenvalue weighted by molar-refractivity contribution is -0.138. The van der Waals surface area contributed by atoms with Crippen LogP contribution in [0, 0.1) is 0 Å². The molecular formula is C13H22N2O5S. The summed E-state index contributed by atoms with van der Waals surface area (Å²) in [5, 5.41) is 10.6. The SMILES string of the molecule is CCC(=O)NC(CSC(=O)CC(=O)O)C(=O)N(CC)CC. The van der Waals surface area contributed by atoms with Crippen molar-refractivity contribution >= 4 is 34.7 Å². The van der Waals surface area contributed by atoms with Crippen LogP contribution in [0.5, 0.6) is 0 Å². The lowest BCUT2D eigenvalue weighted by atomic mass is 10.2. The molecule has 7 nitrogen and oxygen atoms in total. The molecule has 0 aliphatic carbocycles. The Morgan fingerprint density at radius 2 is 1.71 bits per heavy atom. The van der Waals surface area contributed by atoms with Crippen molar-refractivity contribution < 1.29 is 24.3 Å². The Hall–Kier alpha value is -1.57. The van der Waals surface area contributed by atoms with E-state index in [2.05, 4.69) is 5.32 Å². The lowest BCUT2D eigenvalue weighted by Crippen LogP contribution is -2.50. The van der Waals surface area contributed by atoms with Crippen LogP contribution in [0.3, 0.4) is 0 Å². The van der Waals surface area contributed by atoms with E-state index in [1.807, 2.05) is 13.8 Å². The van der Waals surface area contributed by atoms with Crippen LogP contribution < -0.4 is 5.32 Å². The first-order valence-corrected chi connectivity index (χ1v) is 7.79. The molecule has 0 aromatic carbocycles. The summed E-state index contributed by atoms with van der Waals surface area (Å²) in [6.07, 6.45) is -0.367. The van der Waals surface area contributed by atoms with Crippen molar-refractivity contribution in [2.45, 2.75) is 39.7 Å². The summed E-state index contributed by atoms with van der Waals surface area (Å²) in [6, 6.07) is -0.819. The molecule has 0 aliphatic rings. The van der Waals surface area contributed by atoms with Gasteiger partial charge in [0.1, 0.15) is 12.5 Å². The molecule has 0 aliphatic heterocycles. The summed E-state index contributed by atoms with van der Waals surface area (Å²) in [5.74, 6) is -1.73. The second-order valence-corrected chi connectivity index (χ2v) is 5.32. The number of hydrogen-bond acceptors (Lipinski definition) is 5. The highest BCUT2D eigenvalue weighted by molar-refractivity contribution is 8.13. The fraction of sp³-hybridized carbons (Fsp3) is 0.692. The summed E-state index contributed by atoms with van der Waals surface area (Å²) in [4.78, 5) is 47.1. The Balaban J connectivity index is 4.73. The number of carboxylic acids is 1. The van der Waals surface area contributed by atoms with Gasteiger partial charge in [-0.3, -0.25) is 19.2 Å². The fourth-order valence-electron chi connectivity index (χ4n) is 1.58. The number of hydrogen-bond donors (Lipinski definition) is 2. The van der Waals surface area contributed by atoms with Gasteiger partial charge in [-0.15, -0.1) is 0 Å². The quantitative estimate of drug-likeness (QED) is 0.599. The number of carbonyl (C=O) groups is 4. The second kappa shape index (κ2) is 10.2. The van der Waals surface area contributed by atoms with Crippen LogP contribution in [0.1, 0.15) is 33.6 Å². The van der Waals surface area contributed by atoms with E-state index >= 15 is 0 Å². The molecule has 21 heavy (non-hydrogen) atoms. The Labute approximate surface area is 128 Å². The minimum Gasteiger partial charge on any atom is -0.481 e. The van der Waals surface area contributed by atoms with Gasteiger partial charge in [-0.2, -0.15) is 0 Å². The maximum atomic E-state index is 12.3. The summed E-state index contributed by atoms with van der Waals surface area (Å²) >= 11 is 0.750. The maximum Gasteiger partial charge on any atom is 0.311 e. The predicted molar refractivity (Wildman–Crippen MR) is 79.9 cm³/mol. The molecule has 0 heterocycles. The Kier molecular flexibility index (Phi) is 9.44. The molecule has 0 spiro atoms. The van der Waals surface area contributed by atoms with Gasteiger partial charge < -0.3 is 15.3 Å². The number of carbonyl (C=O) groups excluding carboxylic acids is 3. The molecule has 0 aromatic heterocycles. The molecule has 0 bridgehead atoms. The third-order valence-corrected chi connectivity index (χ3v) is 3.70. The summed E-state index contributed by atoms with van der Waals surface area (Å²) in [7, 11) is 0. The van der Waals surface area contributed by atoms with Gasteiger partial charge in [0.2, 0.25) is 11.8 Å². The van der Waals surface area contributed by atoms with Crippen LogP contribution >= 0.6 is 11.8 Å². The van der Waals surface area contributed by atoms with Crippen molar-refractivity contribution in [1.82, 2.24) is 10.2 Å². The number of likely N-dealkylation sites (N-methyl/N-ethyl adjacent to an activating group) is 1. The number of thioether (sulfide) groups is 1. The van der Waals surface area contributed by atoms with Gasteiger partial charge in [0.25, 0.3) is 0 Å². The number of nitrogens with one attached hydrogen (secondary N) is 1. The molecule has 0 radical (unpaired) electrons. The van der Waals surface area contributed by atoms with Gasteiger partial charge in [-0.1, -0.05) is 18.7 Å². The van der Waals surface area contributed by atoms with E-state index in [9.17, 15) is 19.2 Å². The smallest absolute Gasteiger partial charge is 0.311 e. The first-order chi connectivity index (χ1) is 9.85. The Morgan fingerprint density at radius 3 is 2.14 bits per heavy atom. The van der Waals surface area contributed by atoms with Gasteiger partial charge in [-0.05, 0) is 13.8 Å². The predicted octanol–water partition coefficient (Wildman–Crippen LogP) is 0.484. The molecule has 0 rings (SSSR count). The first-order valence-electron chi connectivity index (χ1n) is 6.81. The average molecular weight is 318 g/mol. The van der Waals surface area contributed by atoms with Crippen LogP contribution in [0.15, 0.2) is 0 Å². The molecule has 1 atom stereocenters. The molecule has 1 unspecified atom stereocenters. The van der Waals surface area contributed by atoms with Crippen LogP contribution in [0.25, 0.3) is 0 Å². The standard InChI is InChI=1S/C13H22N2O5S/c1-4-10(16)14-9(13(20)15(5-2)6-3)8-21-12(19)7-11(17)18/h9H,4-8H2,1-3H3,(H,14,16)(H,17,18). The molecule has 2 amide bonds. The van der Waals surface area contributed by atoms with Crippen molar-refractivity contribution in [2.24, 2.45) is 0 Å². The Morgan fingerprint density at radius 1 is 1.14 bits per heavy atom. The van der Waals surface area contributed by atoms with Crippen molar-refractivity contribution in [3.05, 3.63) is 0 Å². The summed E-state index contributed by atoms with van der Waals surface area (Å²) in [6.45, 7) is 6.31. The van der Waals surface area contributed by atoms with E-state index in [-0.39, 0.29) is 24.0 Å². The van der Waals surface area contributed by atoms with Crippen LogP contribution in [-0.2, 0) is 19.2 Å². The van der Waals surface area contributed by atoms with E-state index in [0.717, 1.165) is 11.8 Å². The van der Waals surface area contributed by atoms with Crippen molar-refractivity contribution in [3.8, 4) is 0 Å². The van der Waals surface area contributed by atoms with Crippen LogP contribution in [0.2, 0.25) is 0 Å². The zero-order valence-electron chi connectivity index (χ0n) is 12.5. The zero-order chi connectivity index (χ0) is 16.4. The molecule has 8 heteroatoms. The van der Waals surface area contributed by atoms with E-state index in [4.69, 9.17) is 5.11 Å². The van der Waals surface area contributed by atoms with Gasteiger partial charge in [-0.25, -0.2) is 0 Å². The zero-order valence-corrected chi connectivity index (χ0v) is 13.4. The van der Waals surface area contributed by atoms with Crippen LogP contribution in [-0.4, -0.2) is 57.8 Å². The minimum atomic E-state index is -1.21. The van der Waals surface area contributed by atoms with E-state index in [1.54, 1.807) is 11.8 Å². The Bertz CT molecular complexity index is 396. The summed E-state index contributed by atoms with van der Waals surface area (Å²) in [5.41, 5.74) is 0. The molecule has 120 valence electrons. The molecule has 0 saturated heterocycles. The van der Waals surface area contributed by atoms with Crippen molar-refractivity contribution in [2.75, 3.05) is 18.8 Å². The number of nitrogens with zero attached hydrogens (tertiary/aromatic N) is 1. The highest BCUT2D eigenvalue weighted by Crippen LogP contribution is 2.10. The number of amides is 2. The molecule has 0 aromatic rings. The van der Waals surface area contributed by atoms with Crippen molar-refractivity contribution in [3.63, 3.8) is 0 Å². The second-order valence-electron chi connectivity index (χ2n) is 4.24. The van der Waals surface area contributed by atoms with E-state index in [1.165, 1.54) is 0 Å². The van der Waals surface area contributed by atoms with E-state index in [0.29, 0.717) is 13.1 Å². The van der Waals surface area contributed by atoms with Gasteiger partial charge in [0.05, 0.1) is 0 Å². The third-order valence-electron chi connectivity index (χ3n) is 2.74. The topological polar surface area (TPSA) is 104 Å². The van der Waals surface area contributed by atoms with Gasteiger partial charge >= 0.3 is 5.97 Å². The number of carboxylic acid groups (broad SMARTS) is 1. The average Bonchev–Trinajstić information content (AvgIpc) is 2.43. The maximum absolute atomic E-state index is 12.3. The fourth-order valence-corrected chi connectivity index (χ4v) is 2.38. The van der Waals surface area contributed by atoms with E-state index < -0.39 is 23.5 Å². The first kappa shape index (κ1) is 19.4. The molecule has 0 saturated carbocycles.